The molecule has 7 heteroatoms. The average Bonchev–Trinajstić information content (AvgIpc) is 2.47. The molecule has 2 aromatic rings. The molecule has 0 saturated heterocycles. The predicted molar refractivity (Wildman–Crippen MR) is 98.6 cm³/mol. The van der Waals surface area contributed by atoms with Crippen LogP contribution in [0.3, 0.4) is 0 Å². The van der Waals surface area contributed by atoms with Crippen LogP contribution >= 0.6 is 0 Å². The standard InChI is InChI=1S/C18H22N2O4S/c1-5-24-18-7-6-16(11-17(18)19-14(4)21)25(22,23)20-15-9-12(2)8-13(3)10-15/h6-11,20H,5H2,1-4H3,(H,19,21). The Kier molecular flexibility index (Phi) is 5.69. The highest BCUT2D eigenvalue weighted by Gasteiger charge is 2.18. The Bertz CT molecular complexity index is 872. The third-order valence-electron chi connectivity index (χ3n) is 3.35. The number of hydrogen-bond donors (Lipinski definition) is 2. The Morgan fingerprint density at radius 3 is 2.28 bits per heavy atom. The van der Waals surface area contributed by atoms with Crippen LogP contribution in [0.15, 0.2) is 41.3 Å². The van der Waals surface area contributed by atoms with E-state index in [0.717, 1.165) is 11.1 Å². The molecule has 0 aliphatic heterocycles. The summed E-state index contributed by atoms with van der Waals surface area (Å²) >= 11 is 0. The zero-order valence-electron chi connectivity index (χ0n) is 14.7. The van der Waals surface area contributed by atoms with Crippen LogP contribution in [-0.2, 0) is 14.8 Å². The van der Waals surface area contributed by atoms with E-state index in [0.29, 0.717) is 23.7 Å². The first kappa shape index (κ1) is 18.8. The fourth-order valence-corrected chi connectivity index (χ4v) is 3.56. The molecule has 0 aliphatic rings. The number of benzene rings is 2. The molecule has 0 saturated carbocycles. The number of rotatable bonds is 6. The molecule has 134 valence electrons. The van der Waals surface area contributed by atoms with Crippen molar-refractivity contribution in [2.75, 3.05) is 16.6 Å². The van der Waals surface area contributed by atoms with Gasteiger partial charge >= 0.3 is 0 Å². The van der Waals surface area contributed by atoms with Crippen molar-refractivity contribution in [3.05, 3.63) is 47.5 Å². The van der Waals surface area contributed by atoms with Gasteiger partial charge in [0, 0.05) is 12.6 Å². The van der Waals surface area contributed by atoms with Crippen LogP contribution in [0.25, 0.3) is 0 Å². The summed E-state index contributed by atoms with van der Waals surface area (Å²) in [7, 11) is -3.79. The van der Waals surface area contributed by atoms with Gasteiger partial charge in [0.25, 0.3) is 10.0 Å². The molecule has 0 heterocycles. The highest BCUT2D eigenvalue weighted by molar-refractivity contribution is 7.92. The van der Waals surface area contributed by atoms with Gasteiger partial charge in [-0.05, 0) is 62.2 Å². The van der Waals surface area contributed by atoms with Crippen LogP contribution in [-0.4, -0.2) is 20.9 Å². The first-order valence-corrected chi connectivity index (χ1v) is 9.35. The Labute approximate surface area is 148 Å². The highest BCUT2D eigenvalue weighted by Crippen LogP contribution is 2.29. The molecule has 0 radical (unpaired) electrons. The van der Waals surface area contributed by atoms with Crippen LogP contribution in [0, 0.1) is 13.8 Å². The third kappa shape index (κ3) is 4.96. The summed E-state index contributed by atoms with van der Waals surface area (Å²) in [5, 5.41) is 2.60. The van der Waals surface area contributed by atoms with Crippen molar-refractivity contribution in [2.45, 2.75) is 32.6 Å². The van der Waals surface area contributed by atoms with E-state index in [4.69, 9.17) is 4.74 Å². The van der Waals surface area contributed by atoms with Gasteiger partial charge in [-0.1, -0.05) is 6.07 Å². The second-order valence-corrected chi connectivity index (χ2v) is 7.44. The Hall–Kier alpha value is -2.54. The minimum Gasteiger partial charge on any atom is -0.492 e. The predicted octanol–water partition coefficient (Wildman–Crippen LogP) is 3.46. The summed E-state index contributed by atoms with van der Waals surface area (Å²) in [6.07, 6.45) is 0. The van der Waals surface area contributed by atoms with Crippen molar-refractivity contribution in [3.63, 3.8) is 0 Å². The Morgan fingerprint density at radius 1 is 1.08 bits per heavy atom. The van der Waals surface area contributed by atoms with Crippen LogP contribution < -0.4 is 14.8 Å². The maximum Gasteiger partial charge on any atom is 0.261 e. The molecule has 0 unspecified atom stereocenters. The van der Waals surface area contributed by atoms with E-state index in [9.17, 15) is 13.2 Å². The van der Waals surface area contributed by atoms with Gasteiger partial charge in [-0.3, -0.25) is 9.52 Å². The lowest BCUT2D eigenvalue weighted by Crippen LogP contribution is -2.15. The zero-order valence-corrected chi connectivity index (χ0v) is 15.5. The van der Waals surface area contributed by atoms with E-state index in [-0.39, 0.29) is 10.8 Å². The number of anilines is 2. The lowest BCUT2D eigenvalue weighted by molar-refractivity contribution is -0.114. The molecule has 25 heavy (non-hydrogen) atoms. The third-order valence-corrected chi connectivity index (χ3v) is 4.72. The van der Waals surface area contributed by atoms with Crippen LogP contribution in [0.2, 0.25) is 0 Å². The summed E-state index contributed by atoms with van der Waals surface area (Å²) in [5.74, 6) is 0.112. The molecule has 2 aromatic carbocycles. The van der Waals surface area contributed by atoms with E-state index >= 15 is 0 Å². The van der Waals surface area contributed by atoms with Gasteiger partial charge in [0.15, 0.2) is 0 Å². The summed E-state index contributed by atoms with van der Waals surface area (Å²) in [4.78, 5) is 11.4. The minimum atomic E-state index is -3.79. The van der Waals surface area contributed by atoms with Crippen LogP contribution in [0.4, 0.5) is 11.4 Å². The molecule has 2 N–H and O–H groups in total. The van der Waals surface area contributed by atoms with E-state index in [1.165, 1.54) is 25.1 Å². The molecule has 0 fully saturated rings. The molecule has 1 amide bonds. The van der Waals surface area contributed by atoms with Gasteiger partial charge in [0.2, 0.25) is 5.91 Å². The van der Waals surface area contributed by atoms with E-state index in [2.05, 4.69) is 10.0 Å². The average molecular weight is 362 g/mol. The lowest BCUT2D eigenvalue weighted by Gasteiger charge is -2.14. The Balaban J connectivity index is 2.39. The number of ether oxygens (including phenoxy) is 1. The number of hydrogen-bond acceptors (Lipinski definition) is 4. The second kappa shape index (κ2) is 7.57. The van der Waals surface area contributed by atoms with Crippen LogP contribution in [0.5, 0.6) is 5.75 Å². The molecule has 0 bridgehead atoms. The number of aryl methyl sites for hydroxylation is 2. The zero-order chi connectivity index (χ0) is 18.6. The maximum atomic E-state index is 12.7. The first-order valence-electron chi connectivity index (χ1n) is 7.87. The number of carbonyl (C=O) groups is 1. The number of sulfonamides is 1. The number of nitrogens with one attached hydrogen (secondary N) is 2. The first-order chi connectivity index (χ1) is 11.7. The summed E-state index contributed by atoms with van der Waals surface area (Å²) < 4.78 is 33.3. The largest absolute Gasteiger partial charge is 0.492 e. The van der Waals surface area contributed by atoms with Crippen molar-refractivity contribution in [1.82, 2.24) is 0 Å². The molecule has 0 aliphatic carbocycles. The molecular weight excluding hydrogens is 340 g/mol. The van der Waals surface area contributed by atoms with Gasteiger partial charge < -0.3 is 10.1 Å². The van der Waals surface area contributed by atoms with Crippen molar-refractivity contribution in [2.24, 2.45) is 0 Å². The van der Waals surface area contributed by atoms with Gasteiger partial charge in [-0.25, -0.2) is 8.42 Å². The summed E-state index contributed by atoms with van der Waals surface area (Å²) in [6, 6.07) is 9.84. The lowest BCUT2D eigenvalue weighted by atomic mass is 10.1. The van der Waals surface area contributed by atoms with Crippen molar-refractivity contribution >= 4 is 27.3 Å². The maximum absolute atomic E-state index is 12.7. The molecule has 6 nitrogen and oxygen atoms in total. The summed E-state index contributed by atoms with van der Waals surface area (Å²) in [6.45, 7) is 7.36. The van der Waals surface area contributed by atoms with Gasteiger partial charge in [0.05, 0.1) is 17.2 Å². The van der Waals surface area contributed by atoms with E-state index < -0.39 is 10.0 Å². The number of carbonyl (C=O) groups excluding carboxylic acids is 1. The second-order valence-electron chi connectivity index (χ2n) is 5.75. The quantitative estimate of drug-likeness (QED) is 0.824. The fourth-order valence-electron chi connectivity index (χ4n) is 2.49. The molecule has 2 rings (SSSR count). The van der Waals surface area contributed by atoms with E-state index in [1.807, 2.05) is 26.8 Å². The molecular formula is C18H22N2O4S. The molecule has 0 atom stereocenters. The van der Waals surface area contributed by atoms with E-state index in [1.54, 1.807) is 12.1 Å². The molecule has 0 aromatic heterocycles. The highest BCUT2D eigenvalue weighted by atomic mass is 32.2. The van der Waals surface area contributed by atoms with Crippen molar-refractivity contribution in [3.8, 4) is 5.75 Å². The SMILES string of the molecule is CCOc1ccc(S(=O)(=O)Nc2cc(C)cc(C)c2)cc1NC(C)=O. The van der Waals surface area contributed by atoms with Crippen molar-refractivity contribution in [1.29, 1.82) is 0 Å². The monoisotopic (exact) mass is 362 g/mol. The van der Waals surface area contributed by atoms with Gasteiger partial charge in [0.1, 0.15) is 5.75 Å². The van der Waals surface area contributed by atoms with Gasteiger partial charge in [-0.2, -0.15) is 0 Å². The van der Waals surface area contributed by atoms with Crippen molar-refractivity contribution < 1.29 is 17.9 Å². The van der Waals surface area contributed by atoms with Crippen LogP contribution in [0.1, 0.15) is 25.0 Å². The topological polar surface area (TPSA) is 84.5 Å². The molecule has 0 spiro atoms. The number of amides is 1. The minimum absolute atomic E-state index is 0.0406. The van der Waals surface area contributed by atoms with Gasteiger partial charge in [-0.15, -0.1) is 0 Å². The normalized spacial score (nSPS) is 11.0. The Morgan fingerprint density at radius 2 is 1.72 bits per heavy atom. The fraction of sp³-hybridized carbons (Fsp3) is 0.278. The smallest absolute Gasteiger partial charge is 0.261 e. The summed E-state index contributed by atoms with van der Waals surface area (Å²) in [5.41, 5.74) is 2.73.